The molecule has 0 saturated carbocycles. The van der Waals surface area contributed by atoms with E-state index in [0.717, 1.165) is 0 Å². The summed E-state index contributed by atoms with van der Waals surface area (Å²) in [7, 11) is 0. The molecule has 2 N–H and O–H groups in total. The first-order valence-corrected chi connectivity index (χ1v) is 6.21. The predicted octanol–water partition coefficient (Wildman–Crippen LogP) is 5.55. The molecule has 2 aromatic carbocycles. The van der Waals surface area contributed by atoms with Crippen LogP contribution in [0.25, 0.3) is 11.1 Å². The zero-order valence-corrected chi connectivity index (χ0v) is 11.5. The summed E-state index contributed by atoms with van der Waals surface area (Å²) >= 11 is 24.5. The number of rotatable bonds is 1. The van der Waals surface area contributed by atoms with Crippen LogP contribution in [0.4, 0.5) is 5.69 Å². The average molecular weight is 307 g/mol. The number of nitrogen functional groups attached to an aromatic ring is 1. The van der Waals surface area contributed by atoms with Crippen LogP contribution < -0.4 is 5.73 Å². The lowest BCUT2D eigenvalue weighted by Crippen LogP contribution is -1.91. The van der Waals surface area contributed by atoms with Gasteiger partial charge in [-0.05, 0) is 24.3 Å². The van der Waals surface area contributed by atoms with E-state index < -0.39 is 0 Å². The third kappa shape index (κ3) is 2.34. The molecule has 0 unspecified atom stereocenters. The molecular weight excluding hydrogens is 300 g/mol. The molecule has 17 heavy (non-hydrogen) atoms. The Morgan fingerprint density at radius 2 is 1.24 bits per heavy atom. The molecule has 0 saturated heterocycles. The Labute approximate surface area is 119 Å². The fourth-order valence-corrected chi connectivity index (χ4v) is 2.68. The molecule has 2 rings (SSSR count). The van der Waals surface area contributed by atoms with Crippen LogP contribution in [0.1, 0.15) is 0 Å². The second-order valence-electron chi connectivity index (χ2n) is 3.42. The molecule has 5 heteroatoms. The molecule has 0 fully saturated rings. The highest BCUT2D eigenvalue weighted by Crippen LogP contribution is 2.44. The summed E-state index contributed by atoms with van der Waals surface area (Å²) in [6.07, 6.45) is 0. The smallest absolute Gasteiger partial charge is 0.0729 e. The van der Waals surface area contributed by atoms with Gasteiger partial charge in [0.15, 0.2) is 0 Å². The van der Waals surface area contributed by atoms with Crippen molar-refractivity contribution < 1.29 is 0 Å². The molecule has 0 aliphatic heterocycles. The van der Waals surface area contributed by atoms with Gasteiger partial charge in [-0.1, -0.05) is 52.5 Å². The minimum atomic E-state index is 0.354. The average Bonchev–Trinajstić information content (AvgIpc) is 2.28. The van der Waals surface area contributed by atoms with E-state index in [4.69, 9.17) is 52.1 Å². The topological polar surface area (TPSA) is 26.0 Å². The third-order valence-corrected chi connectivity index (χ3v) is 3.69. The highest BCUT2D eigenvalue weighted by Gasteiger charge is 2.16. The maximum Gasteiger partial charge on any atom is 0.0729 e. The van der Waals surface area contributed by atoms with Gasteiger partial charge in [0.05, 0.1) is 15.7 Å². The fraction of sp³-hybridized carbons (Fsp3) is 0. The van der Waals surface area contributed by atoms with Gasteiger partial charge in [-0.3, -0.25) is 0 Å². The number of halogens is 4. The monoisotopic (exact) mass is 305 g/mol. The van der Waals surface area contributed by atoms with E-state index in [2.05, 4.69) is 0 Å². The molecule has 0 radical (unpaired) electrons. The number of hydrogen-bond donors (Lipinski definition) is 1. The van der Waals surface area contributed by atoms with Crippen molar-refractivity contribution in [3.8, 4) is 11.1 Å². The Morgan fingerprint density at radius 3 is 1.82 bits per heavy atom. The molecule has 1 nitrogen and oxygen atoms in total. The second-order valence-corrected chi connectivity index (χ2v) is 5.02. The lowest BCUT2D eigenvalue weighted by molar-refractivity contribution is 1.61. The molecule has 0 atom stereocenters. The first-order chi connectivity index (χ1) is 8.02. The molecule has 0 aromatic heterocycles. The molecule has 0 heterocycles. The van der Waals surface area contributed by atoms with E-state index in [0.29, 0.717) is 36.9 Å². The van der Waals surface area contributed by atoms with Crippen molar-refractivity contribution in [3.63, 3.8) is 0 Å². The largest absolute Gasteiger partial charge is 0.398 e. The van der Waals surface area contributed by atoms with Crippen LogP contribution in [0.3, 0.4) is 0 Å². The lowest BCUT2D eigenvalue weighted by atomic mass is 10.0. The van der Waals surface area contributed by atoms with Gasteiger partial charge in [0.25, 0.3) is 0 Å². The van der Waals surface area contributed by atoms with E-state index in [9.17, 15) is 0 Å². The van der Waals surface area contributed by atoms with Gasteiger partial charge >= 0.3 is 0 Å². The van der Waals surface area contributed by atoms with Gasteiger partial charge in [-0.15, -0.1) is 0 Å². The molecule has 88 valence electrons. The SMILES string of the molecule is Nc1ccc(Cl)c(-c2c(Cl)cccc2Cl)c1Cl. The summed E-state index contributed by atoms with van der Waals surface area (Å²) in [6.45, 7) is 0. The van der Waals surface area contributed by atoms with Crippen LogP contribution in [-0.2, 0) is 0 Å². The summed E-state index contributed by atoms with van der Waals surface area (Å²) in [5, 5.41) is 1.77. The molecule has 0 spiro atoms. The van der Waals surface area contributed by atoms with Crippen molar-refractivity contribution in [1.82, 2.24) is 0 Å². The summed E-state index contributed by atoms with van der Waals surface area (Å²) in [5.41, 5.74) is 7.34. The molecule has 0 aliphatic carbocycles. The van der Waals surface area contributed by atoms with E-state index in [1.165, 1.54) is 0 Å². The molecule has 0 amide bonds. The second kappa shape index (κ2) is 4.95. The summed E-state index contributed by atoms with van der Waals surface area (Å²) in [6, 6.07) is 8.50. The third-order valence-electron chi connectivity index (χ3n) is 2.33. The molecule has 0 aliphatic rings. The number of hydrogen-bond acceptors (Lipinski definition) is 1. The van der Waals surface area contributed by atoms with Gasteiger partial charge < -0.3 is 5.73 Å². The van der Waals surface area contributed by atoms with E-state index in [1.54, 1.807) is 30.3 Å². The van der Waals surface area contributed by atoms with Crippen LogP contribution in [-0.4, -0.2) is 0 Å². The van der Waals surface area contributed by atoms with Crippen LogP contribution in [0, 0.1) is 0 Å². The molecule has 0 bridgehead atoms. The van der Waals surface area contributed by atoms with Crippen LogP contribution in [0.2, 0.25) is 20.1 Å². The minimum absolute atomic E-state index is 0.354. The number of nitrogens with two attached hydrogens (primary N) is 1. The van der Waals surface area contributed by atoms with Gasteiger partial charge in [0, 0.05) is 21.2 Å². The number of benzene rings is 2. The van der Waals surface area contributed by atoms with Crippen molar-refractivity contribution in [2.75, 3.05) is 5.73 Å². The Bertz CT molecular complexity index is 561. The zero-order valence-electron chi connectivity index (χ0n) is 8.48. The quantitative estimate of drug-likeness (QED) is 0.687. The molecular formula is C12H7Cl4N. The fourth-order valence-electron chi connectivity index (χ4n) is 1.53. The first-order valence-electron chi connectivity index (χ1n) is 4.70. The Balaban J connectivity index is 2.82. The lowest BCUT2D eigenvalue weighted by Gasteiger charge is -2.12. The van der Waals surface area contributed by atoms with E-state index in [1.807, 2.05) is 0 Å². The summed E-state index contributed by atoms with van der Waals surface area (Å²) < 4.78 is 0. The normalized spacial score (nSPS) is 10.6. The zero-order chi connectivity index (χ0) is 12.6. The first kappa shape index (κ1) is 12.8. The number of anilines is 1. The van der Waals surface area contributed by atoms with Crippen molar-refractivity contribution in [1.29, 1.82) is 0 Å². The van der Waals surface area contributed by atoms with Crippen molar-refractivity contribution >= 4 is 52.1 Å². The van der Waals surface area contributed by atoms with Crippen LogP contribution in [0.5, 0.6) is 0 Å². The van der Waals surface area contributed by atoms with Crippen LogP contribution in [0.15, 0.2) is 30.3 Å². The van der Waals surface area contributed by atoms with Gasteiger partial charge in [0.2, 0.25) is 0 Å². The standard InChI is InChI=1S/C12H7Cl4N/c13-6-2-1-3-7(14)10(6)11-8(15)4-5-9(17)12(11)16/h1-5H,17H2. The predicted molar refractivity (Wildman–Crippen MR) is 76.3 cm³/mol. The Morgan fingerprint density at radius 1 is 0.706 bits per heavy atom. The molecule has 2 aromatic rings. The summed E-state index contributed by atoms with van der Waals surface area (Å²) in [5.74, 6) is 0. The maximum atomic E-state index is 6.15. The van der Waals surface area contributed by atoms with E-state index in [-0.39, 0.29) is 0 Å². The van der Waals surface area contributed by atoms with Crippen molar-refractivity contribution in [2.24, 2.45) is 0 Å². The van der Waals surface area contributed by atoms with Crippen LogP contribution >= 0.6 is 46.4 Å². The Kier molecular flexibility index (Phi) is 3.74. The van der Waals surface area contributed by atoms with Gasteiger partial charge in [0.1, 0.15) is 0 Å². The maximum absolute atomic E-state index is 6.15. The van der Waals surface area contributed by atoms with Gasteiger partial charge in [-0.2, -0.15) is 0 Å². The van der Waals surface area contributed by atoms with E-state index >= 15 is 0 Å². The highest BCUT2D eigenvalue weighted by molar-refractivity contribution is 6.45. The van der Waals surface area contributed by atoms with Crippen molar-refractivity contribution in [2.45, 2.75) is 0 Å². The minimum Gasteiger partial charge on any atom is -0.398 e. The van der Waals surface area contributed by atoms with Crippen molar-refractivity contribution in [3.05, 3.63) is 50.4 Å². The summed E-state index contributed by atoms with van der Waals surface area (Å²) in [4.78, 5) is 0. The Hall–Kier alpha value is -0.600. The van der Waals surface area contributed by atoms with Gasteiger partial charge in [-0.25, -0.2) is 0 Å². The highest BCUT2D eigenvalue weighted by atomic mass is 35.5.